The molecule has 3 heterocycles. The van der Waals surface area contributed by atoms with Gasteiger partial charge in [-0.15, -0.1) is 11.3 Å². The first-order valence-corrected chi connectivity index (χ1v) is 13.1. The molecule has 6 rings (SSSR count). The van der Waals surface area contributed by atoms with Crippen LogP contribution in [-0.4, -0.2) is 26.1 Å². The molecule has 34 heavy (non-hydrogen) atoms. The van der Waals surface area contributed by atoms with Crippen molar-refractivity contribution in [2.45, 2.75) is 24.5 Å². The number of thiophene rings is 1. The molecule has 1 fully saturated rings. The van der Waals surface area contributed by atoms with Gasteiger partial charge in [0.05, 0.1) is 16.7 Å². The number of fused-ring (bicyclic) bond motifs is 2. The van der Waals surface area contributed by atoms with Gasteiger partial charge in [0.25, 0.3) is 5.56 Å². The van der Waals surface area contributed by atoms with Crippen molar-refractivity contribution in [3.63, 3.8) is 0 Å². The second kappa shape index (κ2) is 8.81. The number of pyridine rings is 1. The van der Waals surface area contributed by atoms with Crippen molar-refractivity contribution in [2.24, 2.45) is 5.92 Å². The van der Waals surface area contributed by atoms with Crippen LogP contribution >= 0.6 is 23.1 Å². The summed E-state index contributed by atoms with van der Waals surface area (Å²) in [6.07, 6.45) is 4.06. The van der Waals surface area contributed by atoms with Crippen molar-refractivity contribution in [3.8, 4) is 10.4 Å². The van der Waals surface area contributed by atoms with Gasteiger partial charge in [0.15, 0.2) is 10.9 Å². The number of rotatable bonds is 7. The summed E-state index contributed by atoms with van der Waals surface area (Å²) < 4.78 is 1.78. The Labute approximate surface area is 204 Å². The third kappa shape index (κ3) is 4.17. The van der Waals surface area contributed by atoms with E-state index in [2.05, 4.69) is 11.1 Å². The molecule has 5 aromatic rings. The lowest BCUT2D eigenvalue weighted by atomic mass is 10.1. The fourth-order valence-corrected chi connectivity index (χ4v) is 6.01. The first-order valence-electron chi connectivity index (χ1n) is 11.3. The van der Waals surface area contributed by atoms with E-state index in [1.165, 1.54) is 23.1 Å². The Hall–Kier alpha value is -3.29. The topological polar surface area (TPSA) is 64.8 Å². The largest absolute Gasteiger partial charge is 0.293 e. The Bertz CT molecular complexity index is 1590. The maximum atomic E-state index is 13.5. The fraction of sp³-hybridized carbons (Fsp3) is 0.185. The molecule has 0 aliphatic heterocycles. The van der Waals surface area contributed by atoms with Crippen LogP contribution in [0, 0.1) is 5.92 Å². The van der Waals surface area contributed by atoms with Gasteiger partial charge in [0.1, 0.15) is 4.83 Å². The number of Topliss-reactive ketones (excluding diaryl/α,β-unsaturated/α-hetero) is 1. The van der Waals surface area contributed by atoms with Crippen molar-refractivity contribution in [3.05, 3.63) is 88.8 Å². The summed E-state index contributed by atoms with van der Waals surface area (Å²) in [5, 5.41) is 2.34. The first kappa shape index (κ1) is 21.3. The van der Waals surface area contributed by atoms with Crippen molar-refractivity contribution >= 4 is 50.0 Å². The lowest BCUT2D eigenvalue weighted by molar-refractivity contribution is 0.102. The number of nitrogens with zero attached hydrogens (tertiary/aromatic N) is 3. The molecular formula is C27H21N3O2S2. The Morgan fingerprint density at radius 3 is 2.74 bits per heavy atom. The summed E-state index contributed by atoms with van der Waals surface area (Å²) in [5.74, 6) is 0.810. The standard InChI is InChI=1S/C27H21N3O2S2/c31-23(18-5-2-1-3-6-18)16-33-27-29-25-21(26(32)30(27)15-17-8-9-17)14-24(34-25)20-10-11-22-19(13-20)7-4-12-28-22/h1-7,10-14,17H,8-9,15-16H2. The van der Waals surface area contributed by atoms with Crippen molar-refractivity contribution < 1.29 is 4.79 Å². The minimum absolute atomic E-state index is 0.0171. The number of carbonyl (C=O) groups is 1. The lowest BCUT2D eigenvalue weighted by Gasteiger charge is -2.11. The van der Waals surface area contributed by atoms with Crippen molar-refractivity contribution in [1.29, 1.82) is 0 Å². The molecule has 0 radical (unpaired) electrons. The third-order valence-electron chi connectivity index (χ3n) is 6.07. The van der Waals surface area contributed by atoms with Crippen LogP contribution in [0.4, 0.5) is 0 Å². The van der Waals surface area contributed by atoms with E-state index in [4.69, 9.17) is 4.98 Å². The molecule has 3 aromatic heterocycles. The van der Waals surface area contributed by atoms with E-state index in [-0.39, 0.29) is 17.1 Å². The Balaban J connectivity index is 1.38. The fourth-order valence-electron chi connectivity index (χ4n) is 4.04. The van der Waals surface area contributed by atoms with Crippen molar-refractivity contribution in [1.82, 2.24) is 14.5 Å². The van der Waals surface area contributed by atoms with Gasteiger partial charge in [-0.25, -0.2) is 4.98 Å². The van der Waals surface area contributed by atoms with Crippen LogP contribution < -0.4 is 5.56 Å². The molecule has 0 N–H and O–H groups in total. The number of thioether (sulfide) groups is 1. The van der Waals surface area contributed by atoms with E-state index >= 15 is 0 Å². The van der Waals surface area contributed by atoms with E-state index in [0.29, 0.717) is 33.4 Å². The summed E-state index contributed by atoms with van der Waals surface area (Å²) >= 11 is 2.87. The highest BCUT2D eigenvalue weighted by Gasteiger charge is 2.25. The summed E-state index contributed by atoms with van der Waals surface area (Å²) in [6.45, 7) is 0.663. The van der Waals surface area contributed by atoms with Crippen LogP contribution in [0.1, 0.15) is 23.2 Å². The Morgan fingerprint density at radius 1 is 1.06 bits per heavy atom. The molecule has 7 heteroatoms. The first-order chi connectivity index (χ1) is 16.7. The zero-order valence-corrected chi connectivity index (χ0v) is 19.9. The summed E-state index contributed by atoms with van der Waals surface area (Å²) in [5.41, 5.74) is 2.65. The van der Waals surface area contributed by atoms with Gasteiger partial charge in [-0.05, 0) is 48.6 Å². The number of hydrogen-bond acceptors (Lipinski definition) is 6. The Kier molecular flexibility index (Phi) is 5.51. The number of benzene rings is 2. The van der Waals surface area contributed by atoms with Crippen molar-refractivity contribution in [2.75, 3.05) is 5.75 Å². The van der Waals surface area contributed by atoms with Crippen LogP contribution in [0.5, 0.6) is 0 Å². The van der Waals surface area contributed by atoms with E-state index in [1.807, 2.05) is 60.7 Å². The second-order valence-electron chi connectivity index (χ2n) is 8.57. The highest BCUT2D eigenvalue weighted by molar-refractivity contribution is 7.99. The smallest absolute Gasteiger partial charge is 0.262 e. The van der Waals surface area contributed by atoms with Gasteiger partial charge in [0, 0.05) is 28.6 Å². The van der Waals surface area contributed by atoms with Gasteiger partial charge in [0.2, 0.25) is 0 Å². The molecule has 1 aliphatic rings. The van der Waals surface area contributed by atoms with Crippen LogP contribution in [0.3, 0.4) is 0 Å². The molecule has 0 bridgehead atoms. The molecule has 0 saturated heterocycles. The lowest BCUT2D eigenvalue weighted by Crippen LogP contribution is -2.24. The molecule has 0 unspecified atom stereocenters. The van der Waals surface area contributed by atoms with Gasteiger partial charge in [-0.1, -0.05) is 54.2 Å². The maximum absolute atomic E-state index is 13.5. The average molecular weight is 484 g/mol. The monoisotopic (exact) mass is 483 g/mol. The quantitative estimate of drug-likeness (QED) is 0.160. The molecular weight excluding hydrogens is 462 g/mol. The zero-order valence-electron chi connectivity index (χ0n) is 18.3. The van der Waals surface area contributed by atoms with E-state index < -0.39 is 0 Å². The number of aromatic nitrogens is 3. The minimum Gasteiger partial charge on any atom is -0.293 e. The maximum Gasteiger partial charge on any atom is 0.262 e. The highest BCUT2D eigenvalue weighted by Crippen LogP contribution is 2.35. The van der Waals surface area contributed by atoms with Gasteiger partial charge in [-0.3, -0.25) is 19.1 Å². The van der Waals surface area contributed by atoms with Gasteiger partial charge in [-0.2, -0.15) is 0 Å². The van der Waals surface area contributed by atoms with Gasteiger partial charge < -0.3 is 0 Å². The number of ketones is 1. The van der Waals surface area contributed by atoms with Crippen LogP contribution in [-0.2, 0) is 6.54 Å². The van der Waals surface area contributed by atoms with Crippen LogP contribution in [0.15, 0.2) is 82.9 Å². The third-order valence-corrected chi connectivity index (χ3v) is 8.12. The molecule has 1 saturated carbocycles. The van der Waals surface area contributed by atoms with Crippen LogP contribution in [0.25, 0.3) is 31.6 Å². The predicted molar refractivity (Wildman–Crippen MR) is 139 cm³/mol. The minimum atomic E-state index is -0.0171. The highest BCUT2D eigenvalue weighted by atomic mass is 32.2. The van der Waals surface area contributed by atoms with E-state index in [0.717, 1.165) is 34.2 Å². The summed E-state index contributed by atoms with van der Waals surface area (Å²) in [7, 11) is 0. The molecule has 168 valence electrons. The second-order valence-corrected chi connectivity index (χ2v) is 10.5. The molecule has 0 atom stereocenters. The molecule has 1 aliphatic carbocycles. The summed E-state index contributed by atoms with van der Waals surface area (Å²) in [4.78, 5) is 37.2. The zero-order chi connectivity index (χ0) is 23.1. The van der Waals surface area contributed by atoms with Gasteiger partial charge >= 0.3 is 0 Å². The SMILES string of the molecule is O=C(CSc1nc2sc(-c3ccc4ncccc4c3)cc2c(=O)n1CC1CC1)c1ccccc1. The predicted octanol–water partition coefficient (Wildman–Crippen LogP) is 6.06. The van der Waals surface area contributed by atoms with E-state index in [9.17, 15) is 9.59 Å². The van der Waals surface area contributed by atoms with Crippen LogP contribution in [0.2, 0.25) is 0 Å². The Morgan fingerprint density at radius 2 is 1.91 bits per heavy atom. The molecule has 5 nitrogen and oxygen atoms in total. The number of carbonyl (C=O) groups excluding carboxylic acids is 1. The average Bonchev–Trinajstić information content (AvgIpc) is 3.60. The number of hydrogen-bond donors (Lipinski definition) is 0. The summed E-state index contributed by atoms with van der Waals surface area (Å²) in [6, 6.07) is 21.3. The normalized spacial score (nSPS) is 13.5. The molecule has 0 amide bonds. The molecule has 2 aromatic carbocycles. The molecule has 0 spiro atoms. The van der Waals surface area contributed by atoms with E-state index in [1.54, 1.807) is 10.8 Å².